The van der Waals surface area contributed by atoms with E-state index in [0.717, 1.165) is 18.5 Å². The highest BCUT2D eigenvalue weighted by Crippen LogP contribution is 2.19. The molecule has 0 aliphatic heterocycles. The van der Waals surface area contributed by atoms with Crippen molar-refractivity contribution in [1.82, 2.24) is 9.97 Å². The lowest BCUT2D eigenvalue weighted by molar-refractivity contribution is 0.580. The summed E-state index contributed by atoms with van der Waals surface area (Å²) in [5.74, 6) is -1.18. The van der Waals surface area contributed by atoms with Gasteiger partial charge in [-0.2, -0.15) is 9.65 Å². The largest absolute Gasteiger partial charge is 0.338 e. The molecule has 0 atom stereocenters. The van der Waals surface area contributed by atoms with Gasteiger partial charge in [0.25, 0.3) is 0 Å². The lowest BCUT2D eigenvalue weighted by Crippen LogP contribution is -1.98. The molecule has 2 aromatic rings. The first kappa shape index (κ1) is 11.0. The van der Waals surface area contributed by atoms with E-state index in [4.69, 9.17) is 5.26 Å². The average Bonchev–Trinajstić information content (AvgIpc) is 2.32. The first-order valence-electron chi connectivity index (χ1n) is 4.63. The first-order valence-corrected chi connectivity index (χ1v) is 4.63. The van der Waals surface area contributed by atoms with E-state index in [-0.39, 0.29) is 17.1 Å². The quantitative estimate of drug-likeness (QED) is 0.807. The van der Waals surface area contributed by atoms with Crippen LogP contribution in [-0.2, 0) is 0 Å². The van der Waals surface area contributed by atoms with Gasteiger partial charge in [0.1, 0.15) is 18.0 Å². The third-order valence-electron chi connectivity index (χ3n) is 1.99. The van der Waals surface area contributed by atoms with Gasteiger partial charge in [0.05, 0.1) is 17.3 Å². The molecule has 0 saturated heterocycles. The molecular formula is C11H6F2N4. The van der Waals surface area contributed by atoms with Crippen molar-refractivity contribution >= 4 is 11.5 Å². The van der Waals surface area contributed by atoms with Gasteiger partial charge in [0, 0.05) is 6.07 Å². The summed E-state index contributed by atoms with van der Waals surface area (Å²) in [5.41, 5.74) is 0.323. The van der Waals surface area contributed by atoms with E-state index in [2.05, 4.69) is 15.3 Å². The summed E-state index contributed by atoms with van der Waals surface area (Å²) in [6.45, 7) is 0. The lowest BCUT2D eigenvalue weighted by Gasteiger charge is -2.06. The number of hydrogen-bond donors (Lipinski definition) is 1. The molecule has 1 aromatic heterocycles. The maximum absolute atomic E-state index is 13.5. The first-order chi connectivity index (χ1) is 8.19. The minimum absolute atomic E-state index is 0.113. The highest BCUT2D eigenvalue weighted by atomic mass is 19.1. The van der Waals surface area contributed by atoms with Gasteiger partial charge in [-0.15, -0.1) is 0 Å². The Hall–Kier alpha value is -2.55. The van der Waals surface area contributed by atoms with Gasteiger partial charge in [-0.3, -0.25) is 0 Å². The molecular weight excluding hydrogens is 226 g/mol. The van der Waals surface area contributed by atoms with Crippen molar-refractivity contribution in [3.05, 3.63) is 47.9 Å². The molecule has 0 spiro atoms. The Bertz CT molecular complexity index is 592. The van der Waals surface area contributed by atoms with Gasteiger partial charge in [-0.25, -0.2) is 14.4 Å². The fraction of sp³-hybridized carbons (Fsp3) is 0. The van der Waals surface area contributed by atoms with Crippen LogP contribution in [0, 0.1) is 23.1 Å². The van der Waals surface area contributed by atoms with Crippen LogP contribution >= 0.6 is 0 Å². The fourth-order valence-corrected chi connectivity index (χ4v) is 1.23. The van der Waals surface area contributed by atoms with Crippen molar-refractivity contribution in [1.29, 1.82) is 5.26 Å². The fourth-order valence-electron chi connectivity index (χ4n) is 1.23. The Morgan fingerprint density at radius 2 is 2.00 bits per heavy atom. The van der Waals surface area contributed by atoms with Crippen LogP contribution < -0.4 is 5.32 Å². The van der Waals surface area contributed by atoms with E-state index in [1.807, 2.05) is 6.07 Å². The summed E-state index contributed by atoms with van der Waals surface area (Å²) < 4.78 is 26.2. The van der Waals surface area contributed by atoms with Gasteiger partial charge in [-0.1, -0.05) is 0 Å². The number of nitrogens with zero attached hydrogens (tertiary/aromatic N) is 3. The van der Waals surface area contributed by atoms with Gasteiger partial charge >= 0.3 is 0 Å². The molecule has 0 radical (unpaired) electrons. The SMILES string of the molecule is N#Cc1ccc(Nc2cc(F)ncn2)c(F)c1. The van der Waals surface area contributed by atoms with Crippen LogP contribution in [0.4, 0.5) is 20.3 Å². The number of hydrogen-bond acceptors (Lipinski definition) is 4. The second kappa shape index (κ2) is 4.53. The van der Waals surface area contributed by atoms with Gasteiger partial charge < -0.3 is 5.32 Å². The van der Waals surface area contributed by atoms with Crippen molar-refractivity contribution in [2.75, 3.05) is 5.32 Å². The molecule has 0 unspecified atom stereocenters. The molecule has 1 heterocycles. The smallest absolute Gasteiger partial charge is 0.218 e. The molecule has 84 valence electrons. The van der Waals surface area contributed by atoms with E-state index in [0.29, 0.717) is 0 Å². The molecule has 4 nitrogen and oxygen atoms in total. The summed E-state index contributed by atoms with van der Waals surface area (Å²) >= 11 is 0. The van der Waals surface area contributed by atoms with Crippen molar-refractivity contribution < 1.29 is 8.78 Å². The lowest BCUT2D eigenvalue weighted by atomic mass is 10.2. The maximum atomic E-state index is 13.5. The van der Waals surface area contributed by atoms with Crippen molar-refractivity contribution in [3.63, 3.8) is 0 Å². The number of nitrogens with one attached hydrogen (secondary N) is 1. The highest BCUT2D eigenvalue weighted by Gasteiger charge is 2.05. The third kappa shape index (κ3) is 2.52. The van der Waals surface area contributed by atoms with Crippen LogP contribution in [0.15, 0.2) is 30.6 Å². The summed E-state index contributed by atoms with van der Waals surface area (Å²) in [7, 11) is 0. The molecule has 1 N–H and O–H groups in total. The molecule has 1 aromatic carbocycles. The average molecular weight is 232 g/mol. The maximum Gasteiger partial charge on any atom is 0.218 e. The van der Waals surface area contributed by atoms with Crippen molar-refractivity contribution in [2.24, 2.45) is 0 Å². The molecule has 0 fully saturated rings. The number of rotatable bonds is 2. The monoisotopic (exact) mass is 232 g/mol. The number of aromatic nitrogens is 2. The molecule has 17 heavy (non-hydrogen) atoms. The van der Waals surface area contributed by atoms with Gasteiger partial charge in [0.2, 0.25) is 5.95 Å². The summed E-state index contributed by atoms with van der Waals surface area (Å²) in [4.78, 5) is 7.00. The van der Waals surface area contributed by atoms with Crippen LogP contribution in [0.1, 0.15) is 5.56 Å². The molecule has 0 aliphatic carbocycles. The number of nitriles is 1. The molecule has 0 amide bonds. The minimum atomic E-state index is -0.712. The van der Waals surface area contributed by atoms with Crippen LogP contribution in [-0.4, -0.2) is 9.97 Å². The molecule has 6 heteroatoms. The Labute approximate surface area is 95.6 Å². The van der Waals surface area contributed by atoms with E-state index in [1.54, 1.807) is 0 Å². The standard InChI is InChI=1S/C11H6F2N4/c12-8-3-7(5-14)1-2-9(8)17-11-4-10(13)15-6-16-11/h1-4,6H,(H,15,16,17). The summed E-state index contributed by atoms with van der Waals surface area (Å²) in [6.07, 6.45) is 1.03. The van der Waals surface area contributed by atoms with E-state index < -0.39 is 11.8 Å². The van der Waals surface area contributed by atoms with Crippen LogP contribution in [0.5, 0.6) is 0 Å². The summed E-state index contributed by atoms with van der Waals surface area (Å²) in [5, 5.41) is 11.2. The number of benzene rings is 1. The van der Waals surface area contributed by atoms with E-state index >= 15 is 0 Å². The highest BCUT2D eigenvalue weighted by molar-refractivity contribution is 5.57. The van der Waals surface area contributed by atoms with Crippen molar-refractivity contribution in [2.45, 2.75) is 0 Å². The number of halogens is 2. The second-order valence-corrected chi connectivity index (χ2v) is 3.16. The Morgan fingerprint density at radius 1 is 1.18 bits per heavy atom. The zero-order valence-corrected chi connectivity index (χ0v) is 8.48. The zero-order valence-electron chi connectivity index (χ0n) is 8.48. The molecule has 2 rings (SSSR count). The van der Waals surface area contributed by atoms with E-state index in [9.17, 15) is 8.78 Å². The minimum Gasteiger partial charge on any atom is -0.338 e. The number of anilines is 2. The van der Waals surface area contributed by atoms with Crippen LogP contribution in [0.25, 0.3) is 0 Å². The molecule has 0 bridgehead atoms. The van der Waals surface area contributed by atoms with Gasteiger partial charge in [-0.05, 0) is 18.2 Å². The Balaban J connectivity index is 2.28. The van der Waals surface area contributed by atoms with Crippen molar-refractivity contribution in [3.8, 4) is 6.07 Å². The molecule has 0 saturated carbocycles. The third-order valence-corrected chi connectivity index (χ3v) is 1.99. The predicted octanol–water partition coefficient (Wildman–Crippen LogP) is 2.37. The second-order valence-electron chi connectivity index (χ2n) is 3.16. The van der Waals surface area contributed by atoms with E-state index in [1.165, 1.54) is 12.1 Å². The van der Waals surface area contributed by atoms with Crippen LogP contribution in [0.2, 0.25) is 0 Å². The Morgan fingerprint density at radius 3 is 2.65 bits per heavy atom. The Kier molecular flexibility index (Phi) is 2.92. The predicted molar refractivity (Wildman–Crippen MR) is 56.4 cm³/mol. The zero-order chi connectivity index (χ0) is 12.3. The van der Waals surface area contributed by atoms with Crippen LogP contribution in [0.3, 0.4) is 0 Å². The normalized spacial score (nSPS) is 9.71. The molecule has 0 aliphatic rings. The topological polar surface area (TPSA) is 61.6 Å². The van der Waals surface area contributed by atoms with Gasteiger partial charge in [0.15, 0.2) is 0 Å². The summed E-state index contributed by atoms with van der Waals surface area (Å²) in [6, 6.07) is 6.77.